The van der Waals surface area contributed by atoms with Crippen LogP contribution in [0, 0.1) is 0 Å². The molecule has 37 heavy (non-hydrogen) atoms. The fraction of sp³-hybridized carbons (Fsp3) is 0.290. The van der Waals surface area contributed by atoms with Crippen molar-refractivity contribution in [2.45, 2.75) is 57.8 Å². The Hall–Kier alpha value is -3.90. The van der Waals surface area contributed by atoms with Gasteiger partial charge < -0.3 is 20.1 Å². The van der Waals surface area contributed by atoms with Gasteiger partial charge in [0.1, 0.15) is 18.1 Å². The third-order valence-corrected chi connectivity index (χ3v) is 7.04. The van der Waals surface area contributed by atoms with Gasteiger partial charge in [0.25, 0.3) is 5.91 Å². The quantitative estimate of drug-likeness (QED) is 0.289. The molecule has 2 atom stereocenters. The number of carbonyl (C=O) groups excluding carboxylic acids is 1. The van der Waals surface area contributed by atoms with E-state index in [1.807, 2.05) is 30.3 Å². The van der Waals surface area contributed by atoms with Crippen LogP contribution in [0.1, 0.15) is 66.0 Å². The average molecular weight is 498 g/mol. The number of benzene rings is 3. The van der Waals surface area contributed by atoms with Crippen molar-refractivity contribution in [2.75, 3.05) is 0 Å². The van der Waals surface area contributed by atoms with E-state index >= 15 is 0 Å². The smallest absolute Gasteiger partial charge is 0.268 e. The van der Waals surface area contributed by atoms with E-state index in [-0.39, 0.29) is 17.2 Å². The van der Waals surface area contributed by atoms with Gasteiger partial charge in [0.2, 0.25) is 0 Å². The van der Waals surface area contributed by atoms with E-state index in [1.165, 1.54) is 11.1 Å². The zero-order valence-corrected chi connectivity index (χ0v) is 21.7. The minimum absolute atomic E-state index is 0.0823. The Bertz CT molecular complexity index is 1310. The van der Waals surface area contributed by atoms with Crippen LogP contribution in [0.5, 0.6) is 5.75 Å². The Morgan fingerprint density at radius 2 is 1.65 bits per heavy atom. The van der Waals surface area contributed by atoms with Gasteiger partial charge in [-0.05, 0) is 48.1 Å². The number of nitrogens with zero attached hydrogens (tertiary/aromatic N) is 2. The second-order valence-electron chi connectivity index (χ2n) is 10.0. The molecule has 0 bridgehead atoms. The molecule has 3 N–H and O–H groups in total. The summed E-state index contributed by atoms with van der Waals surface area (Å²) in [7, 11) is 0. The Morgan fingerprint density at radius 3 is 2.30 bits per heavy atom. The van der Waals surface area contributed by atoms with Gasteiger partial charge in [0, 0.05) is 11.6 Å². The third-order valence-electron chi connectivity index (χ3n) is 7.04. The van der Waals surface area contributed by atoms with Crippen molar-refractivity contribution >= 4 is 5.91 Å². The molecule has 4 rings (SSSR count). The number of aliphatic hydroxyl groups excluding tert-OH is 1. The summed E-state index contributed by atoms with van der Waals surface area (Å²) in [5.41, 5.74) is 10.1. The fourth-order valence-corrected chi connectivity index (χ4v) is 4.64. The van der Waals surface area contributed by atoms with E-state index in [4.69, 9.17) is 10.5 Å². The molecule has 2 unspecified atom stereocenters. The summed E-state index contributed by atoms with van der Waals surface area (Å²) in [5, 5.41) is 10.4. The topological polar surface area (TPSA) is 90.4 Å². The van der Waals surface area contributed by atoms with E-state index in [0.29, 0.717) is 19.4 Å². The lowest BCUT2D eigenvalue weighted by atomic mass is 9.78. The van der Waals surface area contributed by atoms with Crippen molar-refractivity contribution in [3.8, 4) is 5.75 Å². The maximum absolute atomic E-state index is 11.4. The molecule has 6 nitrogen and oxygen atoms in total. The molecule has 0 spiro atoms. The summed E-state index contributed by atoms with van der Waals surface area (Å²) in [6.45, 7) is 6.68. The number of para-hydroxylation sites is 1. The molecule has 0 aliphatic carbocycles. The summed E-state index contributed by atoms with van der Waals surface area (Å²) >= 11 is 0. The summed E-state index contributed by atoms with van der Waals surface area (Å²) in [6.07, 6.45) is 3.85. The van der Waals surface area contributed by atoms with E-state index in [2.05, 4.69) is 67.4 Å². The summed E-state index contributed by atoms with van der Waals surface area (Å²) in [5.74, 6) is 0.238. The maximum atomic E-state index is 11.4. The van der Waals surface area contributed by atoms with Gasteiger partial charge in [-0.3, -0.25) is 4.79 Å². The predicted molar refractivity (Wildman–Crippen MR) is 146 cm³/mol. The molecule has 0 aliphatic heterocycles. The van der Waals surface area contributed by atoms with Crippen LogP contribution in [0.15, 0.2) is 91.4 Å². The van der Waals surface area contributed by atoms with Crippen LogP contribution in [0.2, 0.25) is 0 Å². The van der Waals surface area contributed by atoms with Gasteiger partial charge in [0.05, 0.1) is 18.5 Å². The minimum atomic E-state index is -0.623. The number of rotatable bonds is 11. The second-order valence-corrected chi connectivity index (χ2v) is 10.0. The molecule has 192 valence electrons. The molecule has 3 aromatic carbocycles. The van der Waals surface area contributed by atoms with Crippen LogP contribution < -0.4 is 10.5 Å². The lowest BCUT2D eigenvalue weighted by Crippen LogP contribution is -2.21. The molecule has 4 aromatic rings. The minimum Gasteiger partial charge on any atom is -0.489 e. The highest BCUT2D eigenvalue weighted by Crippen LogP contribution is 2.31. The number of aromatic nitrogens is 2. The lowest BCUT2D eigenvalue weighted by Gasteiger charge is -2.26. The van der Waals surface area contributed by atoms with Crippen molar-refractivity contribution in [2.24, 2.45) is 5.73 Å². The SMILES string of the molecule is CC(O)C(CCc1ccccc1OCc1ccc(C(C)(C)c2ccccc2)cc1)n1cnc(C(N)=O)c1. The monoisotopic (exact) mass is 497 g/mol. The molecule has 0 saturated carbocycles. The van der Waals surface area contributed by atoms with Crippen LogP contribution >= 0.6 is 0 Å². The summed E-state index contributed by atoms with van der Waals surface area (Å²) < 4.78 is 7.98. The molecule has 0 saturated heterocycles. The van der Waals surface area contributed by atoms with Crippen LogP contribution in [0.3, 0.4) is 0 Å². The van der Waals surface area contributed by atoms with E-state index in [9.17, 15) is 9.90 Å². The molecule has 1 aromatic heterocycles. The molecule has 0 radical (unpaired) electrons. The first-order chi connectivity index (χ1) is 17.8. The molecular weight excluding hydrogens is 462 g/mol. The van der Waals surface area contributed by atoms with Gasteiger partial charge in [0.15, 0.2) is 0 Å². The predicted octanol–water partition coefficient (Wildman–Crippen LogP) is 5.44. The fourth-order valence-electron chi connectivity index (χ4n) is 4.64. The number of nitrogens with two attached hydrogens (primary N) is 1. The van der Waals surface area contributed by atoms with E-state index < -0.39 is 12.0 Å². The number of ether oxygens (including phenoxy) is 1. The average Bonchev–Trinajstić information content (AvgIpc) is 3.39. The number of imidazole rings is 1. The summed E-state index contributed by atoms with van der Waals surface area (Å²) in [6, 6.07) is 26.9. The zero-order valence-electron chi connectivity index (χ0n) is 21.7. The van der Waals surface area contributed by atoms with E-state index in [1.54, 1.807) is 24.0 Å². The number of aryl methyl sites for hydroxylation is 1. The third kappa shape index (κ3) is 6.27. The van der Waals surface area contributed by atoms with Crippen LogP contribution in [0.4, 0.5) is 0 Å². The number of carbonyl (C=O) groups is 1. The number of primary amides is 1. The Kier molecular flexibility index (Phi) is 8.09. The number of hydrogen-bond acceptors (Lipinski definition) is 4. The van der Waals surface area contributed by atoms with Crippen molar-refractivity contribution in [3.63, 3.8) is 0 Å². The van der Waals surface area contributed by atoms with Crippen LogP contribution in [-0.4, -0.2) is 26.7 Å². The number of aliphatic hydroxyl groups is 1. The van der Waals surface area contributed by atoms with Gasteiger partial charge in [-0.2, -0.15) is 0 Å². The van der Waals surface area contributed by atoms with Gasteiger partial charge >= 0.3 is 0 Å². The van der Waals surface area contributed by atoms with Crippen LogP contribution in [-0.2, 0) is 18.4 Å². The first-order valence-corrected chi connectivity index (χ1v) is 12.6. The summed E-state index contributed by atoms with van der Waals surface area (Å²) in [4.78, 5) is 15.5. The Morgan fingerprint density at radius 1 is 1.00 bits per heavy atom. The zero-order chi connectivity index (χ0) is 26.4. The first-order valence-electron chi connectivity index (χ1n) is 12.6. The lowest BCUT2D eigenvalue weighted by molar-refractivity contribution is 0.0994. The molecular formula is C31H35N3O3. The Labute approximate surface area is 218 Å². The van der Waals surface area contributed by atoms with E-state index in [0.717, 1.165) is 16.9 Å². The number of hydrogen-bond donors (Lipinski definition) is 2. The van der Waals surface area contributed by atoms with Gasteiger partial charge in [-0.25, -0.2) is 4.98 Å². The normalized spacial score (nSPS) is 13.2. The van der Waals surface area contributed by atoms with Crippen molar-refractivity contribution in [3.05, 3.63) is 119 Å². The highest BCUT2D eigenvalue weighted by Gasteiger charge is 2.23. The van der Waals surface area contributed by atoms with Crippen molar-refractivity contribution in [1.29, 1.82) is 0 Å². The maximum Gasteiger partial charge on any atom is 0.268 e. The Balaban J connectivity index is 1.41. The first kappa shape index (κ1) is 26.2. The molecule has 0 aliphatic rings. The second kappa shape index (κ2) is 11.4. The highest BCUT2D eigenvalue weighted by atomic mass is 16.5. The number of amides is 1. The largest absolute Gasteiger partial charge is 0.489 e. The molecule has 1 amide bonds. The van der Waals surface area contributed by atoms with Crippen molar-refractivity contribution < 1.29 is 14.6 Å². The molecule has 0 fully saturated rings. The molecule has 6 heteroatoms. The standard InChI is InChI=1S/C31H35N3O3/c1-22(35)28(34-19-27(30(32)36)33-21-34)18-15-24-9-7-8-12-29(24)37-20-23-13-16-26(17-14-23)31(2,3)25-10-5-4-6-11-25/h4-14,16-17,19,21-22,28,35H,15,18,20H2,1-3H3,(H2,32,36). The molecule has 1 heterocycles. The van der Waals surface area contributed by atoms with Gasteiger partial charge in [-0.1, -0.05) is 86.6 Å². The van der Waals surface area contributed by atoms with Crippen molar-refractivity contribution in [1.82, 2.24) is 9.55 Å². The highest BCUT2D eigenvalue weighted by molar-refractivity contribution is 5.90. The van der Waals surface area contributed by atoms with Gasteiger partial charge in [-0.15, -0.1) is 0 Å². The van der Waals surface area contributed by atoms with Crippen LogP contribution in [0.25, 0.3) is 0 Å².